The largest absolute Gasteiger partial charge is 0.383 e. The topological polar surface area (TPSA) is 177 Å². The monoisotopic (exact) mass is 771 g/mol. The van der Waals surface area contributed by atoms with E-state index in [2.05, 4.69) is 77.9 Å². The van der Waals surface area contributed by atoms with Gasteiger partial charge in [-0.05, 0) is 91.1 Å². The lowest BCUT2D eigenvalue weighted by atomic mass is 9.70. The summed E-state index contributed by atoms with van der Waals surface area (Å²) in [5.41, 5.74) is 19.6. The van der Waals surface area contributed by atoms with Crippen LogP contribution in [0.4, 0.5) is 11.5 Å². The highest BCUT2D eigenvalue weighted by Gasteiger charge is 2.42. The molecule has 12 heteroatoms. The van der Waals surface area contributed by atoms with Gasteiger partial charge in [-0.3, -0.25) is 14.4 Å². The molecule has 0 bridgehead atoms. The predicted octanol–water partition coefficient (Wildman–Crippen LogP) is 5.06. The number of nitrogen functional groups attached to an aromatic ring is 1. The van der Waals surface area contributed by atoms with Crippen LogP contribution in [0.3, 0.4) is 0 Å². The van der Waals surface area contributed by atoms with Gasteiger partial charge in [0.25, 0.3) is 0 Å². The number of nitrogens with zero attached hydrogens (tertiary/aromatic N) is 5. The highest BCUT2D eigenvalue weighted by atomic mass is 16.2. The van der Waals surface area contributed by atoms with Crippen molar-refractivity contribution in [3.63, 3.8) is 0 Å². The average Bonchev–Trinajstić information content (AvgIpc) is 3.73. The number of fused-ring (bicyclic) bond motifs is 4. The van der Waals surface area contributed by atoms with Gasteiger partial charge in [0, 0.05) is 91.2 Å². The van der Waals surface area contributed by atoms with Gasteiger partial charge in [0.15, 0.2) is 5.78 Å². The summed E-state index contributed by atoms with van der Waals surface area (Å²) in [6.45, 7) is 15.9. The maximum absolute atomic E-state index is 14.1. The summed E-state index contributed by atoms with van der Waals surface area (Å²) in [5.74, 6) is 0.592. The smallest absolute Gasteiger partial charge is 0.237 e. The quantitative estimate of drug-likeness (QED) is 0.153. The summed E-state index contributed by atoms with van der Waals surface area (Å²) in [5, 5.41) is 13.5. The van der Waals surface area contributed by atoms with Crippen LogP contribution in [0.2, 0.25) is 0 Å². The third kappa shape index (κ3) is 7.88. The fraction of sp³-hybridized carbons (Fsp3) is 0.489. The number of carbonyl (C=O) groups excluding carboxylic acids is 3. The molecule has 2 aromatic carbocycles. The van der Waals surface area contributed by atoms with Crippen LogP contribution in [0, 0.1) is 16.7 Å². The van der Waals surface area contributed by atoms with Crippen molar-refractivity contribution in [2.24, 2.45) is 11.1 Å². The van der Waals surface area contributed by atoms with Crippen molar-refractivity contribution in [3.8, 4) is 6.07 Å². The Balaban J connectivity index is 0.906. The number of aryl methyl sites for hydroxylation is 2. The lowest BCUT2D eigenvalue weighted by Gasteiger charge is -2.39. The Morgan fingerprint density at radius 3 is 2.56 bits per heavy atom. The van der Waals surface area contributed by atoms with Crippen molar-refractivity contribution in [2.75, 3.05) is 56.4 Å². The molecule has 2 saturated heterocycles. The highest BCUT2D eigenvalue weighted by molar-refractivity contribution is 6.20. The predicted molar refractivity (Wildman–Crippen MR) is 224 cm³/mol. The molecule has 300 valence electrons. The molecule has 3 aliphatic rings. The number of nitrogens with two attached hydrogens (primary N) is 2. The zero-order chi connectivity index (χ0) is 40.6. The van der Waals surface area contributed by atoms with Gasteiger partial charge in [-0.1, -0.05) is 46.8 Å². The minimum Gasteiger partial charge on any atom is -0.383 e. The number of ketones is 1. The molecule has 0 unspecified atom stereocenters. The van der Waals surface area contributed by atoms with E-state index in [1.54, 1.807) is 12.3 Å². The first kappa shape index (κ1) is 40.0. The van der Waals surface area contributed by atoms with Crippen LogP contribution in [0.15, 0.2) is 48.7 Å². The summed E-state index contributed by atoms with van der Waals surface area (Å²) in [7, 11) is 0. The number of rotatable bonds is 12. The standard InChI is InChI=1S/C45H57N9O3/c1-6-29-23-32-33(45(4,5)41-39(40(32)56)31-15-14-28(25-46)22-35(31)50-41)24-36(29)53-18-20-54(21-19-53)38(55)13-9-17-52-26-37(44(2,3)27-52)51-43(57)34(47)12-7-10-30-11-8-16-49-42(30)48/h8,11,14-16,22-24,34,37,50H,6-7,9-10,12-13,17-21,26-27,47H2,1-5H3,(H2,48,49)(H,51,57)/t34-,37-/m0/s1. The molecule has 0 spiro atoms. The number of hydrogen-bond acceptors (Lipinski definition) is 9. The van der Waals surface area contributed by atoms with Crippen LogP contribution in [0.5, 0.6) is 0 Å². The third-order valence-electron chi connectivity index (χ3n) is 12.7. The molecule has 57 heavy (non-hydrogen) atoms. The van der Waals surface area contributed by atoms with E-state index in [4.69, 9.17) is 11.5 Å². The number of carbonyl (C=O) groups is 3. The number of piperazine rings is 1. The summed E-state index contributed by atoms with van der Waals surface area (Å²) >= 11 is 0. The summed E-state index contributed by atoms with van der Waals surface area (Å²) in [4.78, 5) is 54.9. The van der Waals surface area contributed by atoms with E-state index in [-0.39, 0.29) is 29.1 Å². The van der Waals surface area contributed by atoms with Gasteiger partial charge in [-0.25, -0.2) is 4.98 Å². The number of nitrogens with one attached hydrogen (secondary N) is 2. The van der Waals surface area contributed by atoms with Gasteiger partial charge in [-0.2, -0.15) is 5.26 Å². The van der Waals surface area contributed by atoms with E-state index in [1.165, 1.54) is 0 Å². The molecule has 2 aliphatic heterocycles. The second-order valence-electron chi connectivity index (χ2n) is 17.4. The molecular formula is C45H57N9O3. The van der Waals surface area contributed by atoms with Crippen molar-refractivity contribution in [1.29, 1.82) is 5.26 Å². The molecule has 4 heterocycles. The summed E-state index contributed by atoms with van der Waals surface area (Å²) < 4.78 is 0. The zero-order valence-electron chi connectivity index (χ0n) is 34.1. The molecule has 1 aliphatic carbocycles. The molecule has 4 aromatic rings. The first-order valence-corrected chi connectivity index (χ1v) is 20.5. The van der Waals surface area contributed by atoms with Crippen molar-refractivity contribution in [1.82, 2.24) is 25.1 Å². The van der Waals surface area contributed by atoms with E-state index in [1.807, 2.05) is 29.2 Å². The van der Waals surface area contributed by atoms with Gasteiger partial charge < -0.3 is 36.5 Å². The summed E-state index contributed by atoms with van der Waals surface area (Å²) in [6, 6.07) is 15.2. The van der Waals surface area contributed by atoms with Crippen molar-refractivity contribution < 1.29 is 14.4 Å². The molecular weight excluding hydrogens is 715 g/mol. The van der Waals surface area contributed by atoms with Crippen LogP contribution in [0.1, 0.15) is 104 Å². The first-order valence-electron chi connectivity index (χ1n) is 20.5. The Kier molecular flexibility index (Phi) is 11.2. The maximum Gasteiger partial charge on any atom is 0.237 e. The zero-order valence-corrected chi connectivity index (χ0v) is 34.1. The number of nitriles is 1. The molecule has 6 N–H and O–H groups in total. The van der Waals surface area contributed by atoms with E-state index in [9.17, 15) is 19.6 Å². The van der Waals surface area contributed by atoms with Crippen LogP contribution < -0.4 is 21.7 Å². The molecule has 0 radical (unpaired) electrons. The molecule has 2 amide bonds. The number of aromatic amines is 1. The number of likely N-dealkylation sites (tertiary alicyclic amines) is 1. The minimum absolute atomic E-state index is 0.0174. The van der Waals surface area contributed by atoms with Crippen LogP contribution in [0.25, 0.3) is 10.9 Å². The number of pyridine rings is 1. The van der Waals surface area contributed by atoms with E-state index in [0.29, 0.717) is 42.9 Å². The lowest BCUT2D eigenvalue weighted by molar-refractivity contribution is -0.131. The van der Waals surface area contributed by atoms with E-state index in [0.717, 1.165) is 103 Å². The number of amides is 2. The van der Waals surface area contributed by atoms with E-state index >= 15 is 0 Å². The normalized spacial score (nSPS) is 19.2. The fourth-order valence-corrected chi connectivity index (χ4v) is 9.22. The lowest BCUT2D eigenvalue weighted by Crippen LogP contribution is -2.50. The Morgan fingerprint density at radius 1 is 1.07 bits per heavy atom. The number of aromatic nitrogens is 2. The number of hydrogen-bond donors (Lipinski definition) is 4. The van der Waals surface area contributed by atoms with Gasteiger partial charge in [0.1, 0.15) is 5.82 Å². The number of anilines is 2. The van der Waals surface area contributed by atoms with Gasteiger partial charge >= 0.3 is 0 Å². The Labute approximate surface area is 336 Å². The van der Waals surface area contributed by atoms with Crippen LogP contribution in [-0.4, -0.2) is 95.3 Å². The van der Waals surface area contributed by atoms with Gasteiger partial charge in [-0.15, -0.1) is 0 Å². The number of benzene rings is 2. The SMILES string of the molecule is CCc1cc2c(cc1N1CCN(C(=O)CCCN3C[C@H](NC(=O)[C@@H](N)CCCc4cccnc4N)C(C)(C)C3)CC1)C(C)(C)c1[nH]c3cc(C#N)ccc3c1C2=O. The third-order valence-corrected chi connectivity index (χ3v) is 12.7. The Morgan fingerprint density at radius 2 is 1.84 bits per heavy atom. The van der Waals surface area contributed by atoms with Crippen molar-refractivity contribution >= 4 is 40.0 Å². The van der Waals surface area contributed by atoms with Crippen LogP contribution in [-0.2, 0) is 27.8 Å². The van der Waals surface area contributed by atoms with Gasteiger partial charge in [0.2, 0.25) is 11.8 Å². The molecule has 0 saturated carbocycles. The van der Waals surface area contributed by atoms with Crippen LogP contribution >= 0.6 is 0 Å². The Bertz CT molecular complexity index is 2230. The maximum atomic E-state index is 14.1. The highest BCUT2D eigenvalue weighted by Crippen LogP contribution is 2.46. The fourth-order valence-electron chi connectivity index (χ4n) is 9.22. The minimum atomic E-state index is -0.586. The second-order valence-corrected chi connectivity index (χ2v) is 17.4. The molecule has 2 fully saturated rings. The van der Waals surface area contributed by atoms with Crippen molar-refractivity contribution in [3.05, 3.63) is 87.7 Å². The first-order chi connectivity index (χ1) is 27.2. The van der Waals surface area contributed by atoms with E-state index < -0.39 is 11.5 Å². The molecule has 12 nitrogen and oxygen atoms in total. The molecule has 2 aromatic heterocycles. The Hall–Kier alpha value is -5.25. The molecule has 7 rings (SSSR count). The average molecular weight is 772 g/mol. The van der Waals surface area contributed by atoms with Crippen molar-refractivity contribution in [2.45, 2.75) is 90.6 Å². The summed E-state index contributed by atoms with van der Waals surface area (Å²) in [6.07, 6.45) is 5.75. The molecule has 2 atom stereocenters. The second kappa shape index (κ2) is 15.9. The van der Waals surface area contributed by atoms with Gasteiger partial charge in [0.05, 0.1) is 23.2 Å². The number of H-pyrrole nitrogens is 1.